The van der Waals surface area contributed by atoms with Gasteiger partial charge in [-0.1, -0.05) is 6.07 Å². The lowest BCUT2D eigenvalue weighted by molar-refractivity contribution is -0.111. The molecule has 0 saturated carbocycles. The highest BCUT2D eigenvalue weighted by Crippen LogP contribution is 2.11. The number of aromatic carboxylic acids is 1. The molecule has 1 amide bonds. The standard InChI is InChI=1S/C15H13NO4/c1-10-5-6-13(20-10)7-8-14(17)16-12-4-2-3-11(9-12)15(18)19/h2-9H,1H3,(H,16,17)(H,18,19)/b8-7+. The Balaban J connectivity index is 2.02. The number of aryl methyl sites for hydroxylation is 1. The van der Waals surface area contributed by atoms with Gasteiger partial charge in [-0.05, 0) is 43.3 Å². The second kappa shape index (κ2) is 5.88. The Morgan fingerprint density at radius 3 is 2.70 bits per heavy atom. The molecule has 2 rings (SSSR count). The normalized spacial score (nSPS) is 10.7. The second-order valence-electron chi connectivity index (χ2n) is 4.16. The molecule has 0 bridgehead atoms. The molecule has 0 atom stereocenters. The summed E-state index contributed by atoms with van der Waals surface area (Å²) in [6.07, 6.45) is 2.87. The zero-order chi connectivity index (χ0) is 14.5. The minimum atomic E-state index is -1.04. The van der Waals surface area contributed by atoms with Crippen LogP contribution in [0.15, 0.2) is 46.9 Å². The zero-order valence-corrected chi connectivity index (χ0v) is 10.8. The third kappa shape index (κ3) is 3.58. The summed E-state index contributed by atoms with van der Waals surface area (Å²) in [6.45, 7) is 1.81. The van der Waals surface area contributed by atoms with Crippen LogP contribution < -0.4 is 5.32 Å². The predicted octanol–water partition coefficient (Wildman–Crippen LogP) is 2.94. The zero-order valence-electron chi connectivity index (χ0n) is 10.8. The van der Waals surface area contributed by atoms with Crippen molar-refractivity contribution in [2.24, 2.45) is 0 Å². The van der Waals surface area contributed by atoms with Crippen LogP contribution in [-0.2, 0) is 4.79 Å². The van der Waals surface area contributed by atoms with Crippen LogP contribution in [0.1, 0.15) is 21.9 Å². The van der Waals surface area contributed by atoms with E-state index >= 15 is 0 Å². The molecule has 0 aliphatic carbocycles. The summed E-state index contributed by atoms with van der Waals surface area (Å²) in [5.41, 5.74) is 0.545. The molecule has 0 unspecified atom stereocenters. The first-order valence-electron chi connectivity index (χ1n) is 5.93. The lowest BCUT2D eigenvalue weighted by Gasteiger charge is -2.02. The number of carboxylic acid groups (broad SMARTS) is 1. The van der Waals surface area contributed by atoms with E-state index in [-0.39, 0.29) is 11.5 Å². The molecule has 5 heteroatoms. The first kappa shape index (κ1) is 13.6. The number of rotatable bonds is 4. The third-order valence-corrected chi connectivity index (χ3v) is 2.54. The summed E-state index contributed by atoms with van der Waals surface area (Å²) < 4.78 is 5.29. The van der Waals surface area contributed by atoms with Crippen molar-refractivity contribution in [1.29, 1.82) is 0 Å². The molecule has 0 aliphatic heterocycles. The fraction of sp³-hybridized carbons (Fsp3) is 0.0667. The smallest absolute Gasteiger partial charge is 0.335 e. The summed E-state index contributed by atoms with van der Waals surface area (Å²) in [4.78, 5) is 22.5. The highest BCUT2D eigenvalue weighted by Gasteiger charge is 2.04. The van der Waals surface area contributed by atoms with Crippen LogP contribution in [0.2, 0.25) is 0 Å². The molecule has 1 aromatic heterocycles. The Kier molecular flexibility index (Phi) is 4.00. The lowest BCUT2D eigenvalue weighted by atomic mass is 10.2. The van der Waals surface area contributed by atoms with E-state index in [1.165, 1.54) is 18.2 Å². The summed E-state index contributed by atoms with van der Waals surface area (Å²) >= 11 is 0. The van der Waals surface area contributed by atoms with Crippen LogP contribution in [0.3, 0.4) is 0 Å². The van der Waals surface area contributed by atoms with Gasteiger partial charge in [-0.15, -0.1) is 0 Å². The summed E-state index contributed by atoms with van der Waals surface area (Å²) in [5, 5.41) is 11.4. The van der Waals surface area contributed by atoms with Gasteiger partial charge >= 0.3 is 5.97 Å². The van der Waals surface area contributed by atoms with Gasteiger partial charge in [0.2, 0.25) is 5.91 Å². The fourth-order valence-corrected chi connectivity index (χ4v) is 1.61. The van der Waals surface area contributed by atoms with Crippen LogP contribution in [0.25, 0.3) is 6.08 Å². The van der Waals surface area contributed by atoms with E-state index in [0.717, 1.165) is 5.76 Å². The quantitative estimate of drug-likeness (QED) is 0.838. The van der Waals surface area contributed by atoms with Gasteiger partial charge < -0.3 is 14.8 Å². The van der Waals surface area contributed by atoms with Crippen LogP contribution in [-0.4, -0.2) is 17.0 Å². The van der Waals surface area contributed by atoms with Gasteiger partial charge in [0.25, 0.3) is 0 Å². The van der Waals surface area contributed by atoms with E-state index in [0.29, 0.717) is 11.4 Å². The van der Waals surface area contributed by atoms with Crippen LogP contribution in [0.4, 0.5) is 5.69 Å². The molecular weight excluding hydrogens is 258 g/mol. The van der Waals surface area contributed by atoms with E-state index in [1.54, 1.807) is 30.3 Å². The molecule has 5 nitrogen and oxygen atoms in total. The van der Waals surface area contributed by atoms with Crippen molar-refractivity contribution in [3.05, 3.63) is 59.6 Å². The molecule has 1 heterocycles. The largest absolute Gasteiger partial charge is 0.478 e. The monoisotopic (exact) mass is 271 g/mol. The molecule has 0 fully saturated rings. The van der Waals surface area contributed by atoms with E-state index in [1.807, 2.05) is 6.92 Å². The Hall–Kier alpha value is -2.82. The molecule has 2 N–H and O–H groups in total. The molecular formula is C15H13NO4. The first-order valence-corrected chi connectivity index (χ1v) is 5.93. The van der Waals surface area contributed by atoms with E-state index in [2.05, 4.69) is 5.32 Å². The third-order valence-electron chi connectivity index (χ3n) is 2.54. The Morgan fingerprint density at radius 2 is 2.05 bits per heavy atom. The maximum atomic E-state index is 11.7. The van der Waals surface area contributed by atoms with Gasteiger partial charge in [0.05, 0.1) is 5.56 Å². The maximum Gasteiger partial charge on any atom is 0.335 e. The van der Waals surface area contributed by atoms with Crippen molar-refractivity contribution >= 4 is 23.6 Å². The number of nitrogens with one attached hydrogen (secondary N) is 1. The van der Waals surface area contributed by atoms with Crippen LogP contribution in [0.5, 0.6) is 0 Å². The SMILES string of the molecule is Cc1ccc(/C=C/C(=O)Nc2cccc(C(=O)O)c2)o1. The van der Waals surface area contributed by atoms with Crippen molar-refractivity contribution in [3.63, 3.8) is 0 Å². The Labute approximate surface area is 115 Å². The van der Waals surface area contributed by atoms with E-state index in [4.69, 9.17) is 9.52 Å². The van der Waals surface area contributed by atoms with Gasteiger partial charge in [0, 0.05) is 11.8 Å². The molecule has 0 spiro atoms. The number of carboxylic acids is 1. The number of amides is 1. The second-order valence-corrected chi connectivity index (χ2v) is 4.16. The molecule has 102 valence electrons. The van der Waals surface area contributed by atoms with E-state index < -0.39 is 5.97 Å². The van der Waals surface area contributed by atoms with Crippen LogP contribution >= 0.6 is 0 Å². The summed E-state index contributed by atoms with van der Waals surface area (Å²) in [7, 11) is 0. The van der Waals surface area contributed by atoms with Gasteiger partial charge in [-0.3, -0.25) is 4.79 Å². The molecule has 20 heavy (non-hydrogen) atoms. The number of carbonyl (C=O) groups is 2. The molecule has 0 saturated heterocycles. The minimum absolute atomic E-state index is 0.119. The Morgan fingerprint density at radius 1 is 1.25 bits per heavy atom. The average Bonchev–Trinajstić information content (AvgIpc) is 2.82. The molecule has 0 radical (unpaired) electrons. The van der Waals surface area contributed by atoms with Crippen LogP contribution in [0, 0.1) is 6.92 Å². The number of benzene rings is 1. The highest BCUT2D eigenvalue weighted by molar-refractivity contribution is 6.02. The van der Waals surface area contributed by atoms with Crippen molar-refractivity contribution < 1.29 is 19.1 Å². The number of furan rings is 1. The predicted molar refractivity (Wildman–Crippen MR) is 74.5 cm³/mol. The number of carbonyl (C=O) groups excluding carboxylic acids is 1. The van der Waals surface area contributed by atoms with Gasteiger partial charge in [0.1, 0.15) is 11.5 Å². The first-order chi connectivity index (χ1) is 9.54. The maximum absolute atomic E-state index is 11.7. The summed E-state index contributed by atoms with van der Waals surface area (Å²) in [6, 6.07) is 9.59. The van der Waals surface area contributed by atoms with E-state index in [9.17, 15) is 9.59 Å². The Bertz CT molecular complexity index is 670. The topological polar surface area (TPSA) is 79.5 Å². The van der Waals surface area contributed by atoms with Crippen molar-refractivity contribution in [3.8, 4) is 0 Å². The number of hydrogen-bond donors (Lipinski definition) is 2. The average molecular weight is 271 g/mol. The van der Waals surface area contributed by atoms with Gasteiger partial charge in [-0.25, -0.2) is 4.79 Å². The van der Waals surface area contributed by atoms with Crippen molar-refractivity contribution in [2.75, 3.05) is 5.32 Å². The number of hydrogen-bond acceptors (Lipinski definition) is 3. The highest BCUT2D eigenvalue weighted by atomic mass is 16.4. The van der Waals surface area contributed by atoms with Crippen molar-refractivity contribution in [1.82, 2.24) is 0 Å². The fourth-order valence-electron chi connectivity index (χ4n) is 1.61. The minimum Gasteiger partial charge on any atom is -0.478 e. The van der Waals surface area contributed by atoms with Gasteiger partial charge in [-0.2, -0.15) is 0 Å². The number of anilines is 1. The molecule has 1 aromatic carbocycles. The lowest BCUT2D eigenvalue weighted by Crippen LogP contribution is -2.08. The molecule has 2 aromatic rings. The van der Waals surface area contributed by atoms with Crippen molar-refractivity contribution in [2.45, 2.75) is 6.92 Å². The summed E-state index contributed by atoms with van der Waals surface area (Å²) in [5.74, 6) is -0.0551. The van der Waals surface area contributed by atoms with Gasteiger partial charge in [0.15, 0.2) is 0 Å². The molecule has 0 aliphatic rings.